The Morgan fingerprint density at radius 3 is 2.56 bits per heavy atom. The van der Waals surface area contributed by atoms with Crippen molar-refractivity contribution in [3.05, 3.63) is 47.8 Å². The van der Waals surface area contributed by atoms with E-state index in [1.807, 2.05) is 24.3 Å². The van der Waals surface area contributed by atoms with Crippen LogP contribution in [0.15, 0.2) is 36.5 Å². The van der Waals surface area contributed by atoms with Gasteiger partial charge in [-0.3, -0.25) is 14.8 Å². The third-order valence-electron chi connectivity index (χ3n) is 4.61. The van der Waals surface area contributed by atoms with Crippen molar-refractivity contribution >= 4 is 5.91 Å². The van der Waals surface area contributed by atoms with Crippen molar-refractivity contribution in [3.8, 4) is 5.75 Å². The number of aromatic amines is 1. The van der Waals surface area contributed by atoms with Gasteiger partial charge in [-0.25, -0.2) is 0 Å². The molecule has 0 spiro atoms. The number of nitrogens with zero attached hydrogens (tertiary/aromatic N) is 3. The highest BCUT2D eigenvalue weighted by Crippen LogP contribution is 2.20. The number of hydrogen-bond acceptors (Lipinski definition) is 5. The number of methoxy groups -OCH3 is 1. The first kappa shape index (κ1) is 17.4. The van der Waals surface area contributed by atoms with E-state index in [4.69, 9.17) is 4.74 Å². The molecule has 0 radical (unpaired) electrons. The van der Waals surface area contributed by atoms with Crippen LogP contribution in [0, 0.1) is 0 Å². The molecule has 7 heteroatoms. The van der Waals surface area contributed by atoms with E-state index in [1.54, 1.807) is 19.4 Å². The Morgan fingerprint density at radius 2 is 1.96 bits per heavy atom. The first-order valence-corrected chi connectivity index (χ1v) is 8.51. The Bertz CT molecular complexity index is 663. The van der Waals surface area contributed by atoms with Crippen LogP contribution >= 0.6 is 0 Å². The maximum Gasteiger partial charge on any atom is 0.269 e. The van der Waals surface area contributed by atoms with Crippen LogP contribution in [0.3, 0.4) is 0 Å². The van der Waals surface area contributed by atoms with Gasteiger partial charge in [0, 0.05) is 38.9 Å². The zero-order chi connectivity index (χ0) is 17.6. The molecule has 1 aromatic heterocycles. The highest BCUT2D eigenvalue weighted by atomic mass is 16.5. The summed E-state index contributed by atoms with van der Waals surface area (Å²) in [6.45, 7) is 4.87. The Hall–Kier alpha value is -2.38. The molecule has 1 saturated heterocycles. The van der Waals surface area contributed by atoms with E-state index >= 15 is 0 Å². The zero-order valence-electron chi connectivity index (χ0n) is 14.7. The second-order valence-corrected chi connectivity index (χ2v) is 6.37. The number of H-pyrrole nitrogens is 1. The number of nitrogens with one attached hydrogen (secondary N) is 2. The number of rotatable bonds is 6. The fourth-order valence-corrected chi connectivity index (χ4v) is 2.98. The molecule has 3 rings (SSSR count). The van der Waals surface area contributed by atoms with E-state index in [0.29, 0.717) is 5.69 Å². The van der Waals surface area contributed by atoms with E-state index in [-0.39, 0.29) is 11.9 Å². The summed E-state index contributed by atoms with van der Waals surface area (Å²) in [5.41, 5.74) is 1.53. The van der Waals surface area contributed by atoms with Crippen LogP contribution in [0.5, 0.6) is 5.75 Å². The normalized spacial score (nSPS) is 17.2. The number of carbonyl (C=O) groups is 1. The molecule has 2 N–H and O–H groups in total. The van der Waals surface area contributed by atoms with Gasteiger partial charge in [0.15, 0.2) is 0 Å². The third kappa shape index (κ3) is 4.58. The van der Waals surface area contributed by atoms with Crippen LogP contribution in [0.25, 0.3) is 0 Å². The molecule has 2 heterocycles. The molecule has 1 aromatic carbocycles. The number of aromatic nitrogens is 2. The van der Waals surface area contributed by atoms with Crippen LogP contribution in [-0.4, -0.2) is 72.8 Å². The van der Waals surface area contributed by atoms with Crippen LogP contribution in [0.1, 0.15) is 22.1 Å². The van der Waals surface area contributed by atoms with E-state index in [0.717, 1.165) is 44.0 Å². The van der Waals surface area contributed by atoms with Gasteiger partial charge in [0.2, 0.25) is 0 Å². The summed E-state index contributed by atoms with van der Waals surface area (Å²) >= 11 is 0. The molecule has 1 aliphatic heterocycles. The lowest BCUT2D eigenvalue weighted by molar-refractivity contribution is 0.0902. The highest BCUT2D eigenvalue weighted by Gasteiger charge is 2.22. The summed E-state index contributed by atoms with van der Waals surface area (Å²) in [5.74, 6) is 0.662. The van der Waals surface area contributed by atoms with Crippen molar-refractivity contribution in [2.45, 2.75) is 6.04 Å². The van der Waals surface area contributed by atoms with Crippen LogP contribution < -0.4 is 10.1 Å². The number of piperazine rings is 1. The SMILES string of the molecule is COc1ccc(C(CN2CCN(C)CC2)NC(=O)c2ccn[nH]2)cc1. The fourth-order valence-electron chi connectivity index (χ4n) is 2.98. The molecule has 0 bridgehead atoms. The second kappa shape index (κ2) is 8.13. The summed E-state index contributed by atoms with van der Waals surface area (Å²) in [7, 11) is 3.79. The minimum Gasteiger partial charge on any atom is -0.497 e. The lowest BCUT2D eigenvalue weighted by Crippen LogP contribution is -2.47. The zero-order valence-corrected chi connectivity index (χ0v) is 14.7. The molecule has 1 fully saturated rings. The van der Waals surface area contributed by atoms with Gasteiger partial charge in [-0.05, 0) is 30.8 Å². The lowest BCUT2D eigenvalue weighted by atomic mass is 10.1. The van der Waals surface area contributed by atoms with Gasteiger partial charge in [0.25, 0.3) is 5.91 Å². The van der Waals surface area contributed by atoms with E-state index < -0.39 is 0 Å². The van der Waals surface area contributed by atoms with Gasteiger partial charge in [-0.2, -0.15) is 5.10 Å². The molecule has 25 heavy (non-hydrogen) atoms. The Morgan fingerprint density at radius 1 is 1.24 bits per heavy atom. The van der Waals surface area contributed by atoms with E-state index in [9.17, 15) is 4.79 Å². The molecular formula is C18H25N5O2. The van der Waals surface area contributed by atoms with Crippen molar-refractivity contribution in [2.75, 3.05) is 46.9 Å². The largest absolute Gasteiger partial charge is 0.497 e. The molecule has 1 unspecified atom stereocenters. The first-order chi connectivity index (χ1) is 12.2. The molecule has 1 amide bonds. The number of ether oxygens (including phenoxy) is 1. The van der Waals surface area contributed by atoms with Gasteiger partial charge in [0.05, 0.1) is 13.2 Å². The third-order valence-corrected chi connectivity index (χ3v) is 4.61. The van der Waals surface area contributed by atoms with Crippen molar-refractivity contribution < 1.29 is 9.53 Å². The number of amides is 1. The lowest BCUT2D eigenvalue weighted by Gasteiger charge is -2.35. The maximum absolute atomic E-state index is 12.5. The number of carbonyl (C=O) groups excluding carboxylic acids is 1. The molecule has 134 valence electrons. The number of likely N-dealkylation sites (N-methyl/N-ethyl adjacent to an activating group) is 1. The highest BCUT2D eigenvalue weighted by molar-refractivity contribution is 5.92. The summed E-state index contributed by atoms with van der Waals surface area (Å²) in [6, 6.07) is 9.45. The fraction of sp³-hybridized carbons (Fsp3) is 0.444. The van der Waals surface area contributed by atoms with Gasteiger partial charge in [0.1, 0.15) is 11.4 Å². The van der Waals surface area contributed by atoms with Crippen molar-refractivity contribution in [2.24, 2.45) is 0 Å². The summed E-state index contributed by atoms with van der Waals surface area (Å²) in [6.07, 6.45) is 1.58. The molecule has 0 saturated carbocycles. The van der Waals surface area contributed by atoms with Gasteiger partial charge in [-0.1, -0.05) is 12.1 Å². The minimum absolute atomic E-state index is 0.0925. The van der Waals surface area contributed by atoms with Crippen LogP contribution in [0.2, 0.25) is 0 Å². The Kier molecular flexibility index (Phi) is 5.67. The number of benzene rings is 1. The average Bonchev–Trinajstić information content (AvgIpc) is 3.18. The van der Waals surface area contributed by atoms with Crippen LogP contribution in [0.4, 0.5) is 0 Å². The molecule has 1 atom stereocenters. The molecule has 0 aliphatic carbocycles. The summed E-state index contributed by atoms with van der Waals surface area (Å²) in [4.78, 5) is 17.2. The monoisotopic (exact) mass is 343 g/mol. The van der Waals surface area contributed by atoms with Crippen molar-refractivity contribution in [3.63, 3.8) is 0 Å². The second-order valence-electron chi connectivity index (χ2n) is 6.37. The minimum atomic E-state index is -0.146. The standard InChI is InChI=1S/C18H25N5O2/c1-22-9-11-23(12-10-22)13-17(14-3-5-15(25-2)6-4-14)20-18(24)16-7-8-19-21-16/h3-8,17H,9-13H2,1-2H3,(H,19,21)(H,20,24). The summed E-state index contributed by atoms with van der Waals surface area (Å²) < 4.78 is 5.23. The van der Waals surface area contributed by atoms with E-state index in [2.05, 4.69) is 32.4 Å². The Labute approximate surface area is 148 Å². The average molecular weight is 343 g/mol. The summed E-state index contributed by atoms with van der Waals surface area (Å²) in [5, 5.41) is 9.70. The van der Waals surface area contributed by atoms with Crippen LogP contribution in [-0.2, 0) is 0 Å². The predicted molar refractivity (Wildman–Crippen MR) is 95.7 cm³/mol. The number of hydrogen-bond donors (Lipinski definition) is 2. The molecule has 2 aromatic rings. The maximum atomic E-state index is 12.5. The van der Waals surface area contributed by atoms with Gasteiger partial charge < -0.3 is 15.0 Å². The topological polar surface area (TPSA) is 73.5 Å². The smallest absolute Gasteiger partial charge is 0.269 e. The predicted octanol–water partition coefficient (Wildman–Crippen LogP) is 1.14. The van der Waals surface area contributed by atoms with E-state index in [1.165, 1.54) is 0 Å². The van der Waals surface area contributed by atoms with Gasteiger partial charge in [-0.15, -0.1) is 0 Å². The molecule has 1 aliphatic rings. The first-order valence-electron chi connectivity index (χ1n) is 8.51. The van der Waals surface area contributed by atoms with Gasteiger partial charge >= 0.3 is 0 Å². The molecular weight excluding hydrogens is 318 g/mol. The molecule has 7 nitrogen and oxygen atoms in total. The van der Waals surface area contributed by atoms with Crippen molar-refractivity contribution in [1.29, 1.82) is 0 Å². The van der Waals surface area contributed by atoms with Crippen molar-refractivity contribution in [1.82, 2.24) is 25.3 Å². The Balaban J connectivity index is 1.73. The quantitative estimate of drug-likeness (QED) is 0.823.